The number of esters is 1. The predicted octanol–water partition coefficient (Wildman–Crippen LogP) is 3.72. The molecule has 3 amide bonds. The lowest BCUT2D eigenvalue weighted by molar-refractivity contribution is -0.384. The highest BCUT2D eigenvalue weighted by Crippen LogP contribution is 2.32. The van der Waals surface area contributed by atoms with Gasteiger partial charge in [0.2, 0.25) is 0 Å². The van der Waals surface area contributed by atoms with Crippen molar-refractivity contribution in [2.24, 2.45) is 0 Å². The molecule has 0 spiro atoms. The summed E-state index contributed by atoms with van der Waals surface area (Å²) in [6.45, 7) is 1.34. The molecule has 4 rings (SSSR count). The zero-order valence-electron chi connectivity index (χ0n) is 19.8. The first-order chi connectivity index (χ1) is 17.2. The summed E-state index contributed by atoms with van der Waals surface area (Å²) in [6.07, 6.45) is 3.25. The number of ether oxygens (including phenoxy) is 2. The molecule has 1 aliphatic heterocycles. The largest absolute Gasteiger partial charge is 0.495 e. The zero-order chi connectivity index (χ0) is 26.0. The number of imide groups is 1. The Hall–Kier alpha value is -4.28. The maximum absolute atomic E-state index is 13.0. The number of nitrogens with one attached hydrogen (secondary N) is 1. The first-order valence-corrected chi connectivity index (χ1v) is 11.6. The molecule has 2 aromatic rings. The Morgan fingerprint density at radius 2 is 1.75 bits per heavy atom. The third kappa shape index (κ3) is 4.77. The number of hydrogen-bond donors (Lipinski definition) is 1. The molecule has 1 atom stereocenters. The Bertz CT molecular complexity index is 1250. The number of nitro benzene ring substituents is 1. The fourth-order valence-corrected chi connectivity index (χ4v) is 4.48. The molecule has 0 saturated heterocycles. The Kier molecular flexibility index (Phi) is 7.00. The standard InChI is InChI=1S/C25H25N3O8/c1-14(22(29)26-20-13-17(28(33)34)9-11-21(20)35-2)36-25(32)15-8-10-18-19(12-15)24(31)27(23(18)30)16-6-4-3-5-7-16/h8-14,16H,3-7H2,1-2H3,(H,26,29). The van der Waals surface area contributed by atoms with Gasteiger partial charge in [0.05, 0.1) is 34.4 Å². The van der Waals surface area contributed by atoms with Crippen molar-refractivity contribution in [3.05, 3.63) is 63.2 Å². The van der Waals surface area contributed by atoms with Gasteiger partial charge in [-0.1, -0.05) is 19.3 Å². The lowest BCUT2D eigenvalue weighted by atomic mass is 9.94. The van der Waals surface area contributed by atoms with E-state index in [0.29, 0.717) is 0 Å². The van der Waals surface area contributed by atoms with Crippen LogP contribution >= 0.6 is 0 Å². The van der Waals surface area contributed by atoms with Crippen LogP contribution in [0, 0.1) is 10.1 Å². The maximum atomic E-state index is 13.0. The summed E-state index contributed by atoms with van der Waals surface area (Å²) in [5, 5.41) is 13.5. The molecule has 0 bridgehead atoms. The number of anilines is 1. The fourth-order valence-electron chi connectivity index (χ4n) is 4.48. The SMILES string of the molecule is COc1ccc([N+](=O)[O-])cc1NC(=O)C(C)OC(=O)c1ccc2c(c1)C(=O)N(C1CCCCC1)C2=O. The normalized spacial score (nSPS) is 16.3. The Morgan fingerprint density at radius 3 is 2.42 bits per heavy atom. The van der Waals surface area contributed by atoms with E-state index in [2.05, 4.69) is 5.32 Å². The number of methoxy groups -OCH3 is 1. The van der Waals surface area contributed by atoms with Gasteiger partial charge in [-0.25, -0.2) is 4.79 Å². The van der Waals surface area contributed by atoms with E-state index in [1.54, 1.807) is 0 Å². The number of rotatable bonds is 7. The Balaban J connectivity index is 1.45. The number of carbonyl (C=O) groups excluding carboxylic acids is 4. The van der Waals surface area contributed by atoms with Crippen LogP contribution in [0.3, 0.4) is 0 Å². The van der Waals surface area contributed by atoms with Crippen LogP contribution in [0.25, 0.3) is 0 Å². The fraction of sp³-hybridized carbons (Fsp3) is 0.360. The smallest absolute Gasteiger partial charge is 0.338 e. The summed E-state index contributed by atoms with van der Waals surface area (Å²) < 4.78 is 10.4. The van der Waals surface area contributed by atoms with Gasteiger partial charge >= 0.3 is 5.97 Å². The molecule has 1 aliphatic carbocycles. The minimum absolute atomic E-state index is 0.0213. The molecule has 36 heavy (non-hydrogen) atoms. The second-order valence-corrected chi connectivity index (χ2v) is 8.71. The summed E-state index contributed by atoms with van der Waals surface area (Å²) >= 11 is 0. The summed E-state index contributed by atoms with van der Waals surface area (Å²) in [4.78, 5) is 62.9. The molecule has 0 radical (unpaired) electrons. The van der Waals surface area contributed by atoms with Crippen LogP contribution in [-0.2, 0) is 9.53 Å². The number of nitro groups is 1. The second-order valence-electron chi connectivity index (χ2n) is 8.71. The molecule has 0 aromatic heterocycles. The molecule has 1 unspecified atom stereocenters. The van der Waals surface area contributed by atoms with Crippen molar-refractivity contribution in [3.8, 4) is 5.75 Å². The maximum Gasteiger partial charge on any atom is 0.338 e. The van der Waals surface area contributed by atoms with Gasteiger partial charge in [-0.2, -0.15) is 0 Å². The molecule has 188 valence electrons. The summed E-state index contributed by atoms with van der Waals surface area (Å²) in [6, 6.07) is 7.67. The van der Waals surface area contributed by atoms with Crippen LogP contribution in [0.15, 0.2) is 36.4 Å². The first kappa shape index (κ1) is 24.8. The number of carbonyl (C=O) groups is 4. The molecule has 11 nitrogen and oxygen atoms in total. The number of hydrogen-bond acceptors (Lipinski definition) is 8. The average Bonchev–Trinajstić information content (AvgIpc) is 3.13. The van der Waals surface area contributed by atoms with Crippen molar-refractivity contribution in [3.63, 3.8) is 0 Å². The minimum atomic E-state index is -1.27. The van der Waals surface area contributed by atoms with Crippen LogP contribution in [0.2, 0.25) is 0 Å². The van der Waals surface area contributed by atoms with Crippen molar-refractivity contribution in [1.82, 2.24) is 4.90 Å². The number of benzene rings is 2. The highest BCUT2D eigenvalue weighted by molar-refractivity contribution is 6.22. The Labute approximate surface area is 206 Å². The third-order valence-electron chi connectivity index (χ3n) is 6.40. The highest BCUT2D eigenvalue weighted by atomic mass is 16.6. The molecule has 2 aliphatic rings. The molecule has 11 heteroatoms. The topological polar surface area (TPSA) is 145 Å². The summed E-state index contributed by atoms with van der Waals surface area (Å²) in [5.74, 6) is -2.20. The van der Waals surface area contributed by atoms with Crippen molar-refractivity contribution in [2.75, 3.05) is 12.4 Å². The first-order valence-electron chi connectivity index (χ1n) is 11.6. The van der Waals surface area contributed by atoms with E-state index in [4.69, 9.17) is 9.47 Å². The second kappa shape index (κ2) is 10.1. The van der Waals surface area contributed by atoms with E-state index in [9.17, 15) is 29.3 Å². The van der Waals surface area contributed by atoms with Crippen molar-refractivity contribution in [1.29, 1.82) is 0 Å². The van der Waals surface area contributed by atoms with Crippen molar-refractivity contribution < 1.29 is 33.6 Å². The van der Waals surface area contributed by atoms with Crippen molar-refractivity contribution in [2.45, 2.75) is 51.2 Å². The molecule has 1 fully saturated rings. The van der Waals surface area contributed by atoms with E-state index in [-0.39, 0.29) is 45.8 Å². The third-order valence-corrected chi connectivity index (χ3v) is 6.40. The highest BCUT2D eigenvalue weighted by Gasteiger charge is 2.40. The van der Waals surface area contributed by atoms with E-state index in [0.717, 1.165) is 38.2 Å². The van der Waals surface area contributed by atoms with Gasteiger partial charge in [-0.3, -0.25) is 29.4 Å². The van der Waals surface area contributed by atoms with Gasteiger partial charge in [-0.05, 0) is 44.0 Å². The molecular formula is C25H25N3O8. The van der Waals surface area contributed by atoms with Crippen LogP contribution in [0.5, 0.6) is 5.75 Å². The van der Waals surface area contributed by atoms with Gasteiger partial charge in [0.15, 0.2) is 6.10 Å². The lowest BCUT2D eigenvalue weighted by Crippen LogP contribution is -2.40. The number of non-ortho nitro benzene ring substituents is 1. The van der Waals surface area contributed by atoms with Crippen LogP contribution in [0.1, 0.15) is 70.1 Å². The van der Waals surface area contributed by atoms with Crippen molar-refractivity contribution >= 4 is 35.1 Å². The zero-order valence-corrected chi connectivity index (χ0v) is 19.8. The Morgan fingerprint density at radius 1 is 1.06 bits per heavy atom. The molecule has 2 aromatic carbocycles. The van der Waals surface area contributed by atoms with Crippen LogP contribution < -0.4 is 10.1 Å². The summed E-state index contributed by atoms with van der Waals surface area (Å²) in [5.41, 5.74) is 0.191. The number of amides is 3. The minimum Gasteiger partial charge on any atom is -0.495 e. The average molecular weight is 495 g/mol. The lowest BCUT2D eigenvalue weighted by Gasteiger charge is -2.29. The van der Waals surface area contributed by atoms with E-state index in [1.807, 2.05) is 0 Å². The van der Waals surface area contributed by atoms with E-state index >= 15 is 0 Å². The van der Waals surface area contributed by atoms with E-state index in [1.165, 1.54) is 49.3 Å². The molecule has 1 saturated carbocycles. The number of nitrogens with zero attached hydrogens (tertiary/aromatic N) is 2. The van der Waals surface area contributed by atoms with Gasteiger partial charge in [-0.15, -0.1) is 0 Å². The number of fused-ring (bicyclic) bond motifs is 1. The molecule has 1 heterocycles. The quantitative estimate of drug-likeness (QED) is 0.265. The van der Waals surface area contributed by atoms with Crippen LogP contribution in [0.4, 0.5) is 11.4 Å². The van der Waals surface area contributed by atoms with Gasteiger partial charge < -0.3 is 14.8 Å². The van der Waals surface area contributed by atoms with Gasteiger partial charge in [0.25, 0.3) is 23.4 Å². The van der Waals surface area contributed by atoms with Gasteiger partial charge in [0.1, 0.15) is 5.75 Å². The van der Waals surface area contributed by atoms with Crippen LogP contribution in [-0.4, -0.2) is 52.8 Å². The van der Waals surface area contributed by atoms with Gasteiger partial charge in [0, 0.05) is 18.2 Å². The molecule has 1 N–H and O–H groups in total. The summed E-state index contributed by atoms with van der Waals surface area (Å²) in [7, 11) is 1.34. The van der Waals surface area contributed by atoms with E-state index < -0.39 is 28.8 Å². The monoisotopic (exact) mass is 495 g/mol. The predicted molar refractivity (Wildman–Crippen MR) is 127 cm³/mol. The molecular weight excluding hydrogens is 470 g/mol.